The van der Waals surface area contributed by atoms with Crippen LogP contribution in [0.15, 0.2) is 51.9 Å². The van der Waals surface area contributed by atoms with Crippen molar-refractivity contribution in [2.45, 2.75) is 25.2 Å². The van der Waals surface area contributed by atoms with Crippen LogP contribution in [0.1, 0.15) is 17.0 Å². The monoisotopic (exact) mass is 387 g/mol. The van der Waals surface area contributed by atoms with Crippen LogP contribution in [-0.2, 0) is 16.4 Å². The minimum absolute atomic E-state index is 0.162. The molecule has 2 aromatic carbocycles. The number of ether oxygens (including phenoxy) is 1. The van der Waals surface area contributed by atoms with Crippen molar-refractivity contribution in [1.82, 2.24) is 14.9 Å². The first-order chi connectivity index (χ1) is 12.9. The lowest BCUT2D eigenvalue weighted by Gasteiger charge is -2.09. The molecule has 0 bridgehead atoms. The quantitative estimate of drug-likeness (QED) is 0.670. The van der Waals surface area contributed by atoms with Crippen LogP contribution in [0.25, 0.3) is 11.4 Å². The molecule has 0 atom stereocenters. The molecule has 0 aliphatic carbocycles. The molecule has 7 nitrogen and oxygen atoms in total. The van der Waals surface area contributed by atoms with Crippen LogP contribution < -0.4 is 9.46 Å². The summed E-state index contributed by atoms with van der Waals surface area (Å²) in [6.45, 7) is 3.86. The van der Waals surface area contributed by atoms with Gasteiger partial charge in [-0.1, -0.05) is 35.0 Å². The molecule has 3 aromatic rings. The van der Waals surface area contributed by atoms with Gasteiger partial charge < -0.3 is 9.26 Å². The molecule has 1 heterocycles. The molecule has 0 saturated carbocycles. The second kappa shape index (κ2) is 7.89. The fraction of sp³-hybridized carbons (Fsp3) is 0.263. The molecule has 0 aliphatic heterocycles. The van der Waals surface area contributed by atoms with Crippen LogP contribution in [0.2, 0.25) is 0 Å². The number of hydrogen-bond donors (Lipinski definition) is 1. The third-order valence-electron chi connectivity index (χ3n) is 4.05. The summed E-state index contributed by atoms with van der Waals surface area (Å²) in [5, 5.41) is 3.94. The van der Waals surface area contributed by atoms with Crippen molar-refractivity contribution in [3.63, 3.8) is 0 Å². The van der Waals surface area contributed by atoms with E-state index in [-0.39, 0.29) is 11.4 Å². The second-order valence-corrected chi connectivity index (χ2v) is 7.90. The lowest BCUT2D eigenvalue weighted by atomic mass is 10.2. The lowest BCUT2D eigenvalue weighted by molar-refractivity contribution is 0.379. The number of methoxy groups -OCH3 is 1. The number of sulfonamides is 1. The Morgan fingerprint density at radius 2 is 1.96 bits per heavy atom. The summed E-state index contributed by atoms with van der Waals surface area (Å²) in [6, 6.07) is 12.5. The van der Waals surface area contributed by atoms with Gasteiger partial charge in [-0.05, 0) is 37.6 Å². The van der Waals surface area contributed by atoms with Crippen LogP contribution in [0.5, 0.6) is 5.75 Å². The smallest absolute Gasteiger partial charge is 0.240 e. The highest BCUT2D eigenvalue weighted by molar-refractivity contribution is 7.89. The van der Waals surface area contributed by atoms with Crippen molar-refractivity contribution >= 4 is 10.0 Å². The van der Waals surface area contributed by atoms with Crippen LogP contribution in [-0.4, -0.2) is 32.2 Å². The predicted molar refractivity (Wildman–Crippen MR) is 101 cm³/mol. The van der Waals surface area contributed by atoms with E-state index in [0.717, 1.165) is 11.1 Å². The Balaban J connectivity index is 1.65. The first-order valence-corrected chi connectivity index (χ1v) is 9.91. The van der Waals surface area contributed by atoms with Gasteiger partial charge in [-0.15, -0.1) is 0 Å². The molecule has 0 radical (unpaired) electrons. The largest absolute Gasteiger partial charge is 0.497 e. The highest BCUT2D eigenvalue weighted by atomic mass is 32.2. The molecule has 3 rings (SSSR count). The molecule has 0 saturated heterocycles. The highest BCUT2D eigenvalue weighted by Gasteiger charge is 2.17. The Morgan fingerprint density at radius 1 is 1.15 bits per heavy atom. The summed E-state index contributed by atoms with van der Waals surface area (Å²) in [7, 11) is -2.00. The Labute approximate surface area is 158 Å². The molecule has 1 aromatic heterocycles. The number of benzene rings is 2. The average Bonchev–Trinajstić information content (AvgIpc) is 3.10. The Bertz CT molecular complexity index is 1040. The van der Waals surface area contributed by atoms with Crippen LogP contribution >= 0.6 is 0 Å². The van der Waals surface area contributed by atoms with E-state index in [4.69, 9.17) is 9.26 Å². The van der Waals surface area contributed by atoms with Crippen molar-refractivity contribution in [2.24, 2.45) is 0 Å². The van der Waals surface area contributed by atoms with Crippen LogP contribution in [0, 0.1) is 13.8 Å². The predicted octanol–water partition coefficient (Wildman–Crippen LogP) is 2.88. The molecule has 0 amide bonds. The van der Waals surface area contributed by atoms with E-state index < -0.39 is 10.0 Å². The maximum Gasteiger partial charge on any atom is 0.240 e. The molecule has 1 N–H and O–H groups in total. The fourth-order valence-electron chi connectivity index (χ4n) is 2.71. The maximum absolute atomic E-state index is 12.5. The number of aromatic nitrogens is 2. The van der Waals surface area contributed by atoms with E-state index in [1.807, 2.05) is 31.2 Å². The number of nitrogens with zero attached hydrogens (tertiary/aromatic N) is 2. The summed E-state index contributed by atoms with van der Waals surface area (Å²) in [5.74, 6) is 1.48. The standard InChI is InChI=1S/C19H21N3O4S/c1-13-7-8-17(14(2)11-13)27(23,24)20-10-9-18-21-19(22-26-18)15-5-4-6-16(12-15)25-3/h4-8,11-12,20H,9-10H2,1-3H3. The molecule has 8 heteroatoms. The number of hydrogen-bond acceptors (Lipinski definition) is 6. The zero-order chi connectivity index (χ0) is 19.4. The van der Waals surface area contributed by atoms with Gasteiger partial charge in [-0.3, -0.25) is 0 Å². The molecule has 0 unspecified atom stereocenters. The average molecular weight is 387 g/mol. The van der Waals surface area contributed by atoms with Gasteiger partial charge in [-0.25, -0.2) is 13.1 Å². The van der Waals surface area contributed by atoms with Crippen molar-refractivity contribution in [1.29, 1.82) is 0 Å². The third kappa shape index (κ3) is 4.53. The molecule has 27 heavy (non-hydrogen) atoms. The van der Waals surface area contributed by atoms with Crippen LogP contribution in [0.3, 0.4) is 0 Å². The summed E-state index contributed by atoms with van der Waals surface area (Å²) >= 11 is 0. The van der Waals surface area contributed by atoms with Gasteiger partial charge in [-0.2, -0.15) is 4.98 Å². The van der Waals surface area contributed by atoms with E-state index in [2.05, 4.69) is 14.9 Å². The first kappa shape index (κ1) is 19.1. The number of rotatable bonds is 7. The zero-order valence-corrected chi connectivity index (χ0v) is 16.2. The Morgan fingerprint density at radius 3 is 2.70 bits per heavy atom. The topological polar surface area (TPSA) is 94.3 Å². The molecule has 142 valence electrons. The van der Waals surface area contributed by atoms with E-state index >= 15 is 0 Å². The second-order valence-electron chi connectivity index (χ2n) is 6.16. The van der Waals surface area contributed by atoms with Crippen molar-refractivity contribution in [3.05, 3.63) is 59.5 Å². The van der Waals surface area contributed by atoms with Gasteiger partial charge in [0.25, 0.3) is 0 Å². The van der Waals surface area contributed by atoms with E-state index in [1.54, 1.807) is 32.2 Å². The SMILES string of the molecule is COc1cccc(-c2noc(CCNS(=O)(=O)c3ccc(C)cc3C)n2)c1. The van der Waals surface area contributed by atoms with Gasteiger partial charge in [0, 0.05) is 18.5 Å². The van der Waals surface area contributed by atoms with Gasteiger partial charge >= 0.3 is 0 Å². The molecule has 0 fully saturated rings. The highest BCUT2D eigenvalue weighted by Crippen LogP contribution is 2.21. The zero-order valence-electron chi connectivity index (χ0n) is 15.4. The van der Waals surface area contributed by atoms with E-state index in [0.29, 0.717) is 29.4 Å². The summed E-state index contributed by atoms with van der Waals surface area (Å²) in [5.41, 5.74) is 2.49. The minimum Gasteiger partial charge on any atom is -0.497 e. The molecule has 0 spiro atoms. The van der Waals surface area contributed by atoms with Crippen molar-refractivity contribution in [2.75, 3.05) is 13.7 Å². The van der Waals surface area contributed by atoms with Gasteiger partial charge in [0.1, 0.15) is 5.75 Å². The van der Waals surface area contributed by atoms with E-state index in [9.17, 15) is 8.42 Å². The minimum atomic E-state index is -3.59. The van der Waals surface area contributed by atoms with E-state index in [1.165, 1.54) is 0 Å². The summed E-state index contributed by atoms with van der Waals surface area (Å²) < 4.78 is 37.9. The van der Waals surface area contributed by atoms with Crippen molar-refractivity contribution in [3.8, 4) is 17.1 Å². The van der Waals surface area contributed by atoms with Crippen LogP contribution in [0.4, 0.5) is 0 Å². The Kier molecular flexibility index (Phi) is 5.57. The van der Waals surface area contributed by atoms with Gasteiger partial charge in [0.05, 0.1) is 12.0 Å². The lowest BCUT2D eigenvalue weighted by Crippen LogP contribution is -2.26. The fourth-order valence-corrected chi connectivity index (χ4v) is 3.96. The summed E-state index contributed by atoms with van der Waals surface area (Å²) in [6.07, 6.45) is 0.293. The van der Waals surface area contributed by atoms with Crippen molar-refractivity contribution < 1.29 is 17.7 Å². The summed E-state index contributed by atoms with van der Waals surface area (Å²) in [4.78, 5) is 4.58. The molecular weight excluding hydrogens is 366 g/mol. The first-order valence-electron chi connectivity index (χ1n) is 8.43. The molecule has 0 aliphatic rings. The number of aryl methyl sites for hydroxylation is 2. The molecular formula is C19H21N3O4S. The van der Waals surface area contributed by atoms with Gasteiger partial charge in [0.15, 0.2) is 0 Å². The number of nitrogens with one attached hydrogen (secondary N) is 1. The Hall–Kier alpha value is -2.71. The third-order valence-corrected chi connectivity index (χ3v) is 5.67. The normalized spacial score (nSPS) is 11.5. The van der Waals surface area contributed by atoms with Gasteiger partial charge in [0.2, 0.25) is 21.7 Å². The maximum atomic E-state index is 12.5.